The Balaban J connectivity index is 1.90. The summed E-state index contributed by atoms with van der Waals surface area (Å²) in [7, 11) is 0. The van der Waals surface area contributed by atoms with Gasteiger partial charge in [0.05, 0.1) is 18.2 Å². The predicted octanol–water partition coefficient (Wildman–Crippen LogP) is -1.59. The first-order chi connectivity index (χ1) is 11.6. The minimum absolute atomic E-state index is 0.239. The molecule has 0 bridgehead atoms. The molecule has 4 heterocycles. The van der Waals surface area contributed by atoms with Crippen molar-refractivity contribution in [1.29, 1.82) is 0 Å². The number of nitrogens with zero attached hydrogens (tertiary/aromatic N) is 5. The van der Waals surface area contributed by atoms with Crippen LogP contribution in [0.3, 0.4) is 0 Å². The van der Waals surface area contributed by atoms with Crippen LogP contribution in [0.25, 0.3) is 22.3 Å². The van der Waals surface area contributed by atoms with E-state index in [-0.39, 0.29) is 5.82 Å². The van der Waals surface area contributed by atoms with Crippen LogP contribution in [-0.4, -0.2) is 70.2 Å². The van der Waals surface area contributed by atoms with Crippen LogP contribution in [0.4, 0.5) is 5.82 Å². The Hall–Kier alpha value is -2.60. The molecule has 24 heavy (non-hydrogen) atoms. The summed E-state index contributed by atoms with van der Waals surface area (Å²) in [6, 6.07) is 0. The average molecular weight is 333 g/mol. The minimum Gasteiger partial charge on any atom is -0.394 e. The van der Waals surface area contributed by atoms with Gasteiger partial charge in [0.15, 0.2) is 6.23 Å². The Morgan fingerprint density at radius 1 is 1.29 bits per heavy atom. The number of aliphatic hydroxyl groups is 3. The smallest absolute Gasteiger partial charge is 0.164 e. The van der Waals surface area contributed by atoms with Gasteiger partial charge in [0.25, 0.3) is 0 Å². The van der Waals surface area contributed by atoms with E-state index in [9.17, 15) is 15.3 Å². The first-order valence-electron chi connectivity index (χ1n) is 7.22. The van der Waals surface area contributed by atoms with E-state index in [1.165, 1.54) is 6.33 Å². The summed E-state index contributed by atoms with van der Waals surface area (Å²) in [6.07, 6.45) is 0.247. The normalized spacial score (nSPS) is 27.1. The van der Waals surface area contributed by atoms with Gasteiger partial charge in [0.2, 0.25) is 0 Å². The third-order valence-corrected chi connectivity index (χ3v) is 4.12. The van der Waals surface area contributed by atoms with E-state index in [0.717, 1.165) is 0 Å². The number of nitrogens with one attached hydrogen (secondary N) is 1. The Labute approximate surface area is 134 Å². The number of aliphatic hydroxyl groups excluding tert-OH is 3. The molecule has 3 aromatic heterocycles. The maximum absolute atomic E-state index is 10.3. The van der Waals surface area contributed by atoms with Gasteiger partial charge in [-0.15, -0.1) is 5.10 Å². The number of H-pyrrole nitrogens is 1. The van der Waals surface area contributed by atoms with Gasteiger partial charge in [-0.05, 0) is 0 Å². The van der Waals surface area contributed by atoms with E-state index in [4.69, 9.17) is 10.5 Å². The summed E-state index contributed by atoms with van der Waals surface area (Å²) in [5, 5.41) is 40.3. The lowest BCUT2D eigenvalue weighted by Gasteiger charge is -2.17. The summed E-state index contributed by atoms with van der Waals surface area (Å²) in [5.74, 6) is 0.239. The largest absolute Gasteiger partial charge is 0.394 e. The molecule has 1 unspecified atom stereocenters. The van der Waals surface area contributed by atoms with E-state index >= 15 is 0 Å². The highest BCUT2D eigenvalue weighted by atomic mass is 16.6. The zero-order valence-electron chi connectivity index (χ0n) is 12.3. The monoisotopic (exact) mass is 333 g/mol. The lowest BCUT2D eigenvalue weighted by molar-refractivity contribution is -0.0508. The van der Waals surface area contributed by atoms with E-state index in [2.05, 4.69) is 25.4 Å². The first kappa shape index (κ1) is 15.0. The number of anilines is 1. The fourth-order valence-corrected chi connectivity index (χ4v) is 2.94. The number of hydrogen-bond donors (Lipinski definition) is 5. The van der Waals surface area contributed by atoms with Gasteiger partial charge >= 0.3 is 0 Å². The van der Waals surface area contributed by atoms with Gasteiger partial charge in [-0.1, -0.05) is 5.21 Å². The van der Waals surface area contributed by atoms with Crippen LogP contribution in [-0.2, 0) is 4.74 Å². The summed E-state index contributed by atoms with van der Waals surface area (Å²) in [6.45, 7) is -0.415. The maximum atomic E-state index is 10.3. The molecule has 0 amide bonds. The van der Waals surface area contributed by atoms with Gasteiger partial charge < -0.3 is 30.4 Å². The van der Waals surface area contributed by atoms with Crippen molar-refractivity contribution < 1.29 is 20.1 Å². The second-order valence-electron chi connectivity index (χ2n) is 5.50. The molecule has 126 valence electrons. The fraction of sp³-hybridized carbons (Fsp3) is 0.385. The number of aromatic nitrogens is 6. The topological polar surface area (TPSA) is 168 Å². The van der Waals surface area contributed by atoms with Gasteiger partial charge in [-0.3, -0.25) is 5.10 Å². The van der Waals surface area contributed by atoms with Gasteiger partial charge in [0.1, 0.15) is 41.8 Å². The number of aromatic amines is 1. The molecule has 11 nitrogen and oxygen atoms in total. The fourth-order valence-electron chi connectivity index (χ4n) is 2.94. The molecular formula is C13H15N7O4. The average Bonchev–Trinajstić information content (AvgIpc) is 3.28. The maximum Gasteiger partial charge on any atom is 0.164 e. The molecule has 0 aliphatic carbocycles. The molecule has 0 spiro atoms. The predicted molar refractivity (Wildman–Crippen MR) is 80.3 cm³/mol. The number of rotatable bonds is 3. The van der Waals surface area contributed by atoms with E-state index in [1.807, 2.05) is 0 Å². The highest BCUT2D eigenvalue weighted by molar-refractivity contribution is 5.99. The highest BCUT2D eigenvalue weighted by Crippen LogP contribution is 2.37. The number of fused-ring (bicyclic) bond motifs is 1. The number of nitrogens with two attached hydrogens (primary N) is 1. The molecule has 11 heteroatoms. The van der Waals surface area contributed by atoms with Crippen LogP contribution >= 0.6 is 0 Å². The standard InChI is InChI=1S/C13H15N7O4/c14-11-8-5(6-1-17-19-18-6)2-20(12(8)16-4-15-11)13-10(23)9(22)7(3-21)24-13/h1-2,4,7,9-10,13,21-23H,3H2,(H2,14,15,16)(H,17,18,19)/t7-,9?,10+,13-/m1/s1. The SMILES string of the molecule is Nc1ncnc2c1c(-c1c[nH]nn1)cn2[C@@H]1O[C@H](CO)C(O)[C@@H]1O. The first-order valence-corrected chi connectivity index (χ1v) is 7.22. The zero-order valence-corrected chi connectivity index (χ0v) is 12.3. The van der Waals surface area contributed by atoms with Crippen molar-refractivity contribution in [2.45, 2.75) is 24.5 Å². The van der Waals surface area contributed by atoms with Crippen molar-refractivity contribution in [3.8, 4) is 11.3 Å². The van der Waals surface area contributed by atoms with Crippen LogP contribution < -0.4 is 5.73 Å². The van der Waals surface area contributed by atoms with Crippen LogP contribution in [0.5, 0.6) is 0 Å². The molecule has 0 aromatic carbocycles. The number of hydrogen-bond acceptors (Lipinski definition) is 9. The summed E-state index contributed by atoms with van der Waals surface area (Å²) < 4.78 is 7.11. The highest BCUT2D eigenvalue weighted by Gasteiger charge is 2.44. The van der Waals surface area contributed by atoms with Gasteiger partial charge in [0, 0.05) is 11.8 Å². The molecule has 1 aliphatic rings. The molecule has 4 atom stereocenters. The molecule has 1 fully saturated rings. The van der Waals surface area contributed by atoms with Gasteiger partial charge in [-0.25, -0.2) is 9.97 Å². The molecular weight excluding hydrogens is 318 g/mol. The molecule has 4 rings (SSSR count). The molecule has 6 N–H and O–H groups in total. The molecule has 1 aliphatic heterocycles. The third kappa shape index (κ3) is 2.06. The van der Waals surface area contributed by atoms with Crippen molar-refractivity contribution in [3.05, 3.63) is 18.7 Å². The summed E-state index contributed by atoms with van der Waals surface area (Å²) in [5.41, 5.74) is 7.51. The second-order valence-corrected chi connectivity index (χ2v) is 5.50. The minimum atomic E-state index is -1.24. The van der Waals surface area contributed by atoms with Crippen LogP contribution in [0.2, 0.25) is 0 Å². The van der Waals surface area contributed by atoms with E-state index in [0.29, 0.717) is 22.3 Å². The van der Waals surface area contributed by atoms with Crippen molar-refractivity contribution in [2.75, 3.05) is 12.3 Å². The Morgan fingerprint density at radius 2 is 2.12 bits per heavy atom. The molecule has 0 saturated carbocycles. The Bertz CT molecular complexity index is 865. The van der Waals surface area contributed by atoms with E-state index < -0.39 is 31.1 Å². The summed E-state index contributed by atoms with van der Waals surface area (Å²) >= 11 is 0. The number of nitrogen functional groups attached to an aromatic ring is 1. The molecule has 1 saturated heterocycles. The van der Waals surface area contributed by atoms with Crippen molar-refractivity contribution in [2.24, 2.45) is 0 Å². The van der Waals surface area contributed by atoms with Crippen molar-refractivity contribution in [1.82, 2.24) is 29.9 Å². The summed E-state index contributed by atoms with van der Waals surface area (Å²) in [4.78, 5) is 8.19. The lowest BCUT2D eigenvalue weighted by atomic mass is 10.1. The zero-order chi connectivity index (χ0) is 16.8. The molecule has 3 aromatic rings. The van der Waals surface area contributed by atoms with Crippen LogP contribution in [0.15, 0.2) is 18.7 Å². The number of ether oxygens (including phenoxy) is 1. The lowest BCUT2D eigenvalue weighted by Crippen LogP contribution is -2.33. The van der Waals surface area contributed by atoms with Crippen molar-refractivity contribution >= 4 is 16.9 Å². The van der Waals surface area contributed by atoms with Gasteiger partial charge in [-0.2, -0.15) is 0 Å². The van der Waals surface area contributed by atoms with Crippen LogP contribution in [0.1, 0.15) is 6.23 Å². The molecule has 0 radical (unpaired) electrons. The third-order valence-electron chi connectivity index (χ3n) is 4.12. The van der Waals surface area contributed by atoms with Crippen LogP contribution in [0, 0.1) is 0 Å². The Kier molecular flexibility index (Phi) is 3.42. The van der Waals surface area contributed by atoms with E-state index in [1.54, 1.807) is 17.0 Å². The quantitative estimate of drug-likeness (QED) is 0.379. The second kappa shape index (κ2) is 5.49. The Morgan fingerprint density at radius 3 is 2.79 bits per heavy atom. The van der Waals surface area contributed by atoms with Crippen molar-refractivity contribution in [3.63, 3.8) is 0 Å².